The Morgan fingerprint density at radius 3 is 2.81 bits per heavy atom. The molecule has 0 aliphatic heterocycles. The van der Waals surface area contributed by atoms with Gasteiger partial charge in [0.25, 0.3) is 0 Å². The number of aromatic nitrogens is 2. The minimum atomic E-state index is 0.480. The van der Waals surface area contributed by atoms with E-state index in [9.17, 15) is 0 Å². The fourth-order valence-corrected chi connectivity index (χ4v) is 2.30. The first-order valence-electron chi connectivity index (χ1n) is 6.06. The standard InChI is InChI=1S/C12H20N4/c1-16(11-5-3-2-4-6-11)12-14-8-7-10(9-13)15-12/h7-8,11H,2-6,9,13H2,1H3. The molecule has 0 radical (unpaired) electrons. The van der Waals surface area contributed by atoms with Crippen LogP contribution in [0.5, 0.6) is 0 Å². The molecule has 2 rings (SSSR count). The van der Waals surface area contributed by atoms with Crippen molar-refractivity contribution >= 4 is 5.95 Å². The first-order chi connectivity index (χ1) is 7.81. The lowest BCUT2D eigenvalue weighted by Gasteiger charge is -2.31. The first-order valence-corrected chi connectivity index (χ1v) is 6.06. The van der Waals surface area contributed by atoms with Gasteiger partial charge in [0, 0.05) is 25.8 Å². The lowest BCUT2D eigenvalue weighted by molar-refractivity contribution is 0.424. The van der Waals surface area contributed by atoms with Gasteiger partial charge in [-0.15, -0.1) is 0 Å². The van der Waals surface area contributed by atoms with Crippen molar-refractivity contribution in [2.45, 2.75) is 44.7 Å². The van der Waals surface area contributed by atoms with E-state index in [-0.39, 0.29) is 0 Å². The van der Waals surface area contributed by atoms with Crippen LogP contribution in [0.15, 0.2) is 12.3 Å². The zero-order valence-corrected chi connectivity index (χ0v) is 9.89. The quantitative estimate of drug-likeness (QED) is 0.842. The fraction of sp³-hybridized carbons (Fsp3) is 0.667. The Hall–Kier alpha value is -1.16. The second-order valence-corrected chi connectivity index (χ2v) is 4.45. The molecule has 0 aromatic carbocycles. The molecule has 0 bridgehead atoms. The first kappa shape index (κ1) is 11.3. The molecule has 4 heteroatoms. The smallest absolute Gasteiger partial charge is 0.225 e. The van der Waals surface area contributed by atoms with Gasteiger partial charge in [0.05, 0.1) is 5.69 Å². The van der Waals surface area contributed by atoms with E-state index in [0.717, 1.165) is 11.6 Å². The summed E-state index contributed by atoms with van der Waals surface area (Å²) in [4.78, 5) is 11.0. The predicted octanol–water partition coefficient (Wildman–Crippen LogP) is 1.70. The Balaban J connectivity index is 2.09. The van der Waals surface area contributed by atoms with Crippen molar-refractivity contribution in [3.63, 3.8) is 0 Å². The zero-order chi connectivity index (χ0) is 11.4. The van der Waals surface area contributed by atoms with Crippen LogP contribution in [0.3, 0.4) is 0 Å². The number of nitrogens with zero attached hydrogens (tertiary/aromatic N) is 3. The summed E-state index contributed by atoms with van der Waals surface area (Å²) in [7, 11) is 2.09. The summed E-state index contributed by atoms with van der Waals surface area (Å²) in [5.41, 5.74) is 6.50. The Labute approximate surface area is 96.9 Å². The number of hydrogen-bond donors (Lipinski definition) is 1. The van der Waals surface area contributed by atoms with E-state index in [1.54, 1.807) is 6.20 Å². The van der Waals surface area contributed by atoms with E-state index in [4.69, 9.17) is 5.73 Å². The SMILES string of the molecule is CN(c1nccc(CN)n1)C1CCCCC1. The molecule has 16 heavy (non-hydrogen) atoms. The number of anilines is 1. The summed E-state index contributed by atoms with van der Waals surface area (Å²) in [5, 5.41) is 0. The third kappa shape index (κ3) is 2.50. The minimum Gasteiger partial charge on any atom is -0.341 e. The largest absolute Gasteiger partial charge is 0.341 e. The van der Waals surface area contributed by atoms with Gasteiger partial charge in [-0.1, -0.05) is 19.3 Å². The van der Waals surface area contributed by atoms with Crippen LogP contribution < -0.4 is 10.6 Å². The van der Waals surface area contributed by atoms with Crippen molar-refractivity contribution in [1.29, 1.82) is 0 Å². The Kier molecular flexibility index (Phi) is 3.72. The normalized spacial score (nSPS) is 17.4. The van der Waals surface area contributed by atoms with Crippen molar-refractivity contribution in [2.75, 3.05) is 11.9 Å². The van der Waals surface area contributed by atoms with Gasteiger partial charge in [0.2, 0.25) is 5.95 Å². The topological polar surface area (TPSA) is 55.0 Å². The Bertz CT molecular complexity index is 334. The summed E-state index contributed by atoms with van der Waals surface area (Å²) in [6.45, 7) is 0.480. The minimum absolute atomic E-state index is 0.480. The van der Waals surface area contributed by atoms with Crippen LogP contribution in [0, 0.1) is 0 Å². The van der Waals surface area contributed by atoms with Crippen LogP contribution in [0.4, 0.5) is 5.95 Å². The Morgan fingerprint density at radius 2 is 2.12 bits per heavy atom. The molecule has 0 atom stereocenters. The van der Waals surface area contributed by atoms with Crippen molar-refractivity contribution in [3.05, 3.63) is 18.0 Å². The van der Waals surface area contributed by atoms with Crippen molar-refractivity contribution in [3.8, 4) is 0 Å². The van der Waals surface area contributed by atoms with E-state index in [0.29, 0.717) is 12.6 Å². The second-order valence-electron chi connectivity index (χ2n) is 4.45. The molecule has 1 aromatic heterocycles. The van der Waals surface area contributed by atoms with Crippen LogP contribution >= 0.6 is 0 Å². The second kappa shape index (κ2) is 5.25. The van der Waals surface area contributed by atoms with E-state index in [2.05, 4.69) is 21.9 Å². The van der Waals surface area contributed by atoms with Crippen LogP contribution in [-0.2, 0) is 6.54 Å². The zero-order valence-electron chi connectivity index (χ0n) is 9.89. The molecular formula is C12H20N4. The molecule has 2 N–H and O–H groups in total. The van der Waals surface area contributed by atoms with Gasteiger partial charge in [-0.2, -0.15) is 0 Å². The Morgan fingerprint density at radius 1 is 1.38 bits per heavy atom. The molecule has 1 fully saturated rings. The highest BCUT2D eigenvalue weighted by Gasteiger charge is 2.19. The molecule has 0 spiro atoms. The molecule has 1 aliphatic rings. The van der Waals surface area contributed by atoms with Crippen molar-refractivity contribution < 1.29 is 0 Å². The van der Waals surface area contributed by atoms with E-state index >= 15 is 0 Å². The summed E-state index contributed by atoms with van der Waals surface area (Å²) < 4.78 is 0. The molecule has 0 saturated heterocycles. The maximum atomic E-state index is 5.59. The van der Waals surface area contributed by atoms with E-state index < -0.39 is 0 Å². The van der Waals surface area contributed by atoms with Crippen molar-refractivity contribution in [1.82, 2.24) is 9.97 Å². The predicted molar refractivity (Wildman–Crippen MR) is 65.2 cm³/mol. The summed E-state index contributed by atoms with van der Waals surface area (Å²) >= 11 is 0. The van der Waals surface area contributed by atoms with Gasteiger partial charge >= 0.3 is 0 Å². The highest BCUT2D eigenvalue weighted by molar-refractivity contribution is 5.30. The molecular weight excluding hydrogens is 200 g/mol. The van der Waals surface area contributed by atoms with Gasteiger partial charge in [-0.05, 0) is 18.9 Å². The maximum absolute atomic E-state index is 5.59. The summed E-state index contributed by atoms with van der Waals surface area (Å²) in [6, 6.07) is 2.47. The monoisotopic (exact) mass is 220 g/mol. The molecule has 1 aliphatic carbocycles. The maximum Gasteiger partial charge on any atom is 0.225 e. The fourth-order valence-electron chi connectivity index (χ4n) is 2.30. The molecule has 1 aromatic rings. The number of rotatable bonds is 3. The van der Waals surface area contributed by atoms with Crippen LogP contribution in [0.1, 0.15) is 37.8 Å². The van der Waals surface area contributed by atoms with E-state index in [1.165, 1.54) is 32.1 Å². The highest BCUT2D eigenvalue weighted by Crippen LogP contribution is 2.23. The van der Waals surface area contributed by atoms with Gasteiger partial charge < -0.3 is 10.6 Å². The number of hydrogen-bond acceptors (Lipinski definition) is 4. The average Bonchev–Trinajstić information content (AvgIpc) is 2.39. The highest BCUT2D eigenvalue weighted by atomic mass is 15.2. The van der Waals surface area contributed by atoms with Gasteiger partial charge in [-0.25, -0.2) is 9.97 Å². The van der Waals surface area contributed by atoms with Crippen LogP contribution in [-0.4, -0.2) is 23.1 Å². The van der Waals surface area contributed by atoms with E-state index in [1.807, 2.05) is 6.07 Å². The van der Waals surface area contributed by atoms with Gasteiger partial charge in [0.1, 0.15) is 0 Å². The summed E-state index contributed by atoms with van der Waals surface area (Å²) in [6.07, 6.45) is 8.33. The van der Waals surface area contributed by atoms with Crippen LogP contribution in [0.25, 0.3) is 0 Å². The summed E-state index contributed by atoms with van der Waals surface area (Å²) in [5.74, 6) is 0.815. The molecule has 0 unspecified atom stereocenters. The van der Waals surface area contributed by atoms with Crippen LogP contribution in [0.2, 0.25) is 0 Å². The molecule has 4 nitrogen and oxygen atoms in total. The molecule has 1 heterocycles. The van der Waals surface area contributed by atoms with Gasteiger partial charge in [-0.3, -0.25) is 0 Å². The molecule has 0 amide bonds. The lowest BCUT2D eigenvalue weighted by Crippen LogP contribution is -2.34. The third-order valence-corrected chi connectivity index (χ3v) is 3.35. The molecule has 88 valence electrons. The molecule has 1 saturated carbocycles. The third-order valence-electron chi connectivity index (χ3n) is 3.35. The van der Waals surface area contributed by atoms with Gasteiger partial charge in [0.15, 0.2) is 0 Å². The van der Waals surface area contributed by atoms with Crippen molar-refractivity contribution in [2.24, 2.45) is 5.73 Å². The number of nitrogens with two attached hydrogens (primary N) is 1. The average molecular weight is 220 g/mol. The lowest BCUT2D eigenvalue weighted by atomic mass is 9.95.